The standard InChI is InChI=1S/C22H32ClN7O/c1-5-24-22(25-14-20-16(2)27-28(4)17(20)3)26-15-21(31)30-12-10-29(11-13-30)19-8-6-18(23)7-9-19/h6-9H,5,10-15H2,1-4H3,(H2,24,25,26). The van der Waals surface area contributed by atoms with Crippen LogP contribution in [0.5, 0.6) is 0 Å². The monoisotopic (exact) mass is 445 g/mol. The largest absolute Gasteiger partial charge is 0.368 e. The van der Waals surface area contributed by atoms with Gasteiger partial charge in [-0.3, -0.25) is 9.48 Å². The van der Waals surface area contributed by atoms with Crippen LogP contribution in [0.1, 0.15) is 23.9 Å². The average Bonchev–Trinajstić information content (AvgIpc) is 3.01. The minimum Gasteiger partial charge on any atom is -0.368 e. The fourth-order valence-electron chi connectivity index (χ4n) is 3.68. The zero-order valence-electron chi connectivity index (χ0n) is 18.8. The molecule has 1 saturated heterocycles. The summed E-state index contributed by atoms with van der Waals surface area (Å²) in [6, 6.07) is 7.83. The maximum atomic E-state index is 12.7. The molecule has 0 saturated carbocycles. The lowest BCUT2D eigenvalue weighted by Gasteiger charge is -2.36. The van der Waals surface area contributed by atoms with Crippen LogP contribution in [0.3, 0.4) is 0 Å². The van der Waals surface area contributed by atoms with Gasteiger partial charge in [0.1, 0.15) is 0 Å². The molecular weight excluding hydrogens is 414 g/mol. The van der Waals surface area contributed by atoms with E-state index in [0.717, 1.165) is 47.3 Å². The van der Waals surface area contributed by atoms with Crippen LogP contribution in [0, 0.1) is 13.8 Å². The number of nitrogens with one attached hydrogen (secondary N) is 2. The summed E-state index contributed by atoms with van der Waals surface area (Å²) in [5, 5.41) is 11.6. The first-order valence-electron chi connectivity index (χ1n) is 10.7. The van der Waals surface area contributed by atoms with E-state index in [2.05, 4.69) is 25.6 Å². The van der Waals surface area contributed by atoms with Gasteiger partial charge in [0.25, 0.3) is 0 Å². The van der Waals surface area contributed by atoms with Crippen LogP contribution < -0.4 is 15.5 Å². The average molecular weight is 446 g/mol. The van der Waals surface area contributed by atoms with Crippen LogP contribution in [0.2, 0.25) is 5.02 Å². The third kappa shape index (κ3) is 5.91. The number of anilines is 1. The summed E-state index contributed by atoms with van der Waals surface area (Å²) in [7, 11) is 1.93. The summed E-state index contributed by atoms with van der Waals surface area (Å²) in [5.41, 5.74) is 4.34. The van der Waals surface area contributed by atoms with Gasteiger partial charge in [-0.15, -0.1) is 0 Å². The first-order chi connectivity index (χ1) is 14.9. The molecule has 0 bridgehead atoms. The number of hydrogen-bond acceptors (Lipinski definition) is 4. The van der Waals surface area contributed by atoms with Crippen molar-refractivity contribution in [2.24, 2.45) is 12.0 Å². The van der Waals surface area contributed by atoms with E-state index in [1.54, 1.807) is 0 Å². The van der Waals surface area contributed by atoms with E-state index in [4.69, 9.17) is 11.6 Å². The number of carbonyl (C=O) groups is 1. The Morgan fingerprint density at radius 3 is 2.39 bits per heavy atom. The van der Waals surface area contributed by atoms with Gasteiger partial charge in [0, 0.05) is 61.7 Å². The zero-order chi connectivity index (χ0) is 22.4. The number of amides is 1. The first kappa shape index (κ1) is 22.9. The zero-order valence-corrected chi connectivity index (χ0v) is 19.5. The number of nitrogens with zero attached hydrogens (tertiary/aromatic N) is 5. The van der Waals surface area contributed by atoms with Gasteiger partial charge in [-0.05, 0) is 45.0 Å². The predicted molar refractivity (Wildman–Crippen MR) is 126 cm³/mol. The number of carbonyl (C=O) groups excluding carboxylic acids is 1. The summed E-state index contributed by atoms with van der Waals surface area (Å²) < 4.78 is 1.87. The smallest absolute Gasteiger partial charge is 0.242 e. The Morgan fingerprint density at radius 2 is 1.81 bits per heavy atom. The molecule has 0 aliphatic carbocycles. The molecule has 1 amide bonds. The fraction of sp³-hybridized carbons (Fsp3) is 0.500. The van der Waals surface area contributed by atoms with Gasteiger partial charge < -0.3 is 20.4 Å². The Balaban J connectivity index is 1.51. The maximum absolute atomic E-state index is 12.7. The molecule has 2 N–H and O–H groups in total. The van der Waals surface area contributed by atoms with Crippen molar-refractivity contribution in [1.82, 2.24) is 25.3 Å². The number of hydrogen-bond donors (Lipinski definition) is 2. The van der Waals surface area contributed by atoms with Crippen LogP contribution >= 0.6 is 11.6 Å². The van der Waals surface area contributed by atoms with Crippen molar-refractivity contribution in [3.05, 3.63) is 46.2 Å². The summed E-state index contributed by atoms with van der Waals surface area (Å²) in [4.78, 5) is 21.5. The van der Waals surface area contributed by atoms with E-state index in [1.807, 2.05) is 61.7 Å². The van der Waals surface area contributed by atoms with E-state index in [9.17, 15) is 4.79 Å². The molecule has 0 unspecified atom stereocenters. The normalized spacial score (nSPS) is 14.7. The Kier molecular flexibility index (Phi) is 7.79. The Labute approximate surface area is 189 Å². The van der Waals surface area contributed by atoms with Gasteiger partial charge >= 0.3 is 0 Å². The molecule has 1 aromatic carbocycles. The molecule has 2 heterocycles. The van der Waals surface area contributed by atoms with Gasteiger partial charge in [-0.1, -0.05) is 11.6 Å². The molecule has 3 rings (SSSR count). The topological polar surface area (TPSA) is 77.8 Å². The van der Waals surface area contributed by atoms with E-state index in [-0.39, 0.29) is 12.5 Å². The highest BCUT2D eigenvalue weighted by Crippen LogP contribution is 2.19. The molecule has 2 aromatic rings. The minimum absolute atomic E-state index is 0.0788. The van der Waals surface area contributed by atoms with E-state index in [0.29, 0.717) is 25.6 Å². The van der Waals surface area contributed by atoms with Gasteiger partial charge in [-0.2, -0.15) is 5.10 Å². The van der Waals surface area contributed by atoms with Crippen molar-refractivity contribution < 1.29 is 4.79 Å². The van der Waals surface area contributed by atoms with Gasteiger partial charge in [0.15, 0.2) is 5.96 Å². The highest BCUT2D eigenvalue weighted by molar-refractivity contribution is 6.30. The van der Waals surface area contributed by atoms with Gasteiger partial charge in [0.2, 0.25) is 5.91 Å². The highest BCUT2D eigenvalue weighted by Gasteiger charge is 2.21. The summed E-state index contributed by atoms with van der Waals surface area (Å²) >= 11 is 5.97. The summed E-state index contributed by atoms with van der Waals surface area (Å²) in [6.45, 7) is 10.5. The van der Waals surface area contributed by atoms with Crippen molar-refractivity contribution in [3.8, 4) is 0 Å². The highest BCUT2D eigenvalue weighted by atomic mass is 35.5. The number of halogens is 1. The van der Waals surface area contributed by atoms with Crippen molar-refractivity contribution in [2.75, 3.05) is 44.2 Å². The van der Waals surface area contributed by atoms with Crippen molar-refractivity contribution in [1.29, 1.82) is 0 Å². The molecule has 1 aliphatic heterocycles. The quantitative estimate of drug-likeness (QED) is 0.526. The van der Waals surface area contributed by atoms with E-state index in [1.165, 1.54) is 0 Å². The third-order valence-corrected chi connectivity index (χ3v) is 5.88. The fourth-order valence-corrected chi connectivity index (χ4v) is 3.81. The Morgan fingerprint density at radius 1 is 1.13 bits per heavy atom. The molecule has 0 atom stereocenters. The molecule has 8 nitrogen and oxygen atoms in total. The Hall–Kier alpha value is -2.74. The molecule has 1 aliphatic rings. The van der Waals surface area contributed by atoms with Gasteiger partial charge in [0.05, 0.1) is 18.8 Å². The SMILES string of the molecule is CCNC(=NCc1c(C)nn(C)c1C)NCC(=O)N1CCN(c2ccc(Cl)cc2)CC1. The molecule has 0 spiro atoms. The van der Waals surface area contributed by atoms with E-state index >= 15 is 0 Å². The number of rotatable bonds is 6. The number of piperazine rings is 1. The number of aromatic nitrogens is 2. The minimum atomic E-state index is 0.0788. The second-order valence-corrected chi connectivity index (χ2v) is 8.10. The Bertz CT molecular complexity index is 915. The maximum Gasteiger partial charge on any atom is 0.242 e. The second-order valence-electron chi connectivity index (χ2n) is 7.67. The van der Waals surface area contributed by atoms with Crippen LogP contribution in [0.15, 0.2) is 29.3 Å². The van der Waals surface area contributed by atoms with Crippen molar-refractivity contribution in [2.45, 2.75) is 27.3 Å². The molecule has 168 valence electrons. The van der Waals surface area contributed by atoms with Crippen LogP contribution in [-0.2, 0) is 18.4 Å². The summed E-state index contributed by atoms with van der Waals surface area (Å²) in [5.74, 6) is 0.716. The number of guanidine groups is 1. The van der Waals surface area contributed by atoms with Crippen LogP contribution in [0.25, 0.3) is 0 Å². The lowest BCUT2D eigenvalue weighted by atomic mass is 10.2. The second kappa shape index (κ2) is 10.5. The number of aryl methyl sites for hydroxylation is 2. The molecular formula is C22H32ClN7O. The van der Waals surface area contributed by atoms with Crippen molar-refractivity contribution in [3.63, 3.8) is 0 Å². The van der Waals surface area contributed by atoms with Crippen LogP contribution in [0.4, 0.5) is 5.69 Å². The van der Waals surface area contributed by atoms with Crippen LogP contribution in [-0.4, -0.2) is 65.8 Å². The van der Waals surface area contributed by atoms with E-state index < -0.39 is 0 Å². The lowest BCUT2D eigenvalue weighted by molar-refractivity contribution is -0.130. The molecule has 1 fully saturated rings. The molecule has 1 aromatic heterocycles. The van der Waals surface area contributed by atoms with Gasteiger partial charge in [-0.25, -0.2) is 4.99 Å². The van der Waals surface area contributed by atoms with Crippen molar-refractivity contribution >= 4 is 29.2 Å². The summed E-state index contributed by atoms with van der Waals surface area (Å²) in [6.07, 6.45) is 0. The predicted octanol–water partition coefficient (Wildman–Crippen LogP) is 2.09. The third-order valence-electron chi connectivity index (χ3n) is 5.63. The number of benzene rings is 1. The molecule has 31 heavy (non-hydrogen) atoms. The number of aliphatic imine (C=N–C) groups is 1. The molecule has 9 heteroatoms. The first-order valence-corrected chi connectivity index (χ1v) is 11.1. The lowest BCUT2D eigenvalue weighted by Crippen LogP contribution is -2.52. The molecule has 0 radical (unpaired) electrons.